The van der Waals surface area contributed by atoms with E-state index in [-0.39, 0.29) is 0 Å². The molecule has 0 aliphatic carbocycles. The maximum absolute atomic E-state index is 4.69. The molecule has 2 heterocycles. The first kappa shape index (κ1) is 9.30. The van der Waals surface area contributed by atoms with Crippen LogP contribution in [-0.4, -0.2) is 29.9 Å². The lowest BCUT2D eigenvalue weighted by Gasteiger charge is -2.33. The van der Waals surface area contributed by atoms with Crippen molar-refractivity contribution in [2.45, 2.75) is 26.3 Å². The van der Waals surface area contributed by atoms with Gasteiger partial charge in [-0.25, -0.2) is 4.63 Å². The molecule has 1 N–H and O–H groups in total. The van der Waals surface area contributed by atoms with E-state index in [0.29, 0.717) is 12.0 Å². The normalized spacial score (nSPS) is 20.9. The van der Waals surface area contributed by atoms with Gasteiger partial charge in [-0.05, 0) is 22.7 Å². The summed E-state index contributed by atoms with van der Waals surface area (Å²) in [5, 5.41) is 10.9. The average molecular weight is 196 g/mol. The van der Waals surface area contributed by atoms with Crippen molar-refractivity contribution in [3.63, 3.8) is 0 Å². The van der Waals surface area contributed by atoms with Crippen molar-refractivity contribution in [2.75, 3.05) is 23.8 Å². The van der Waals surface area contributed by atoms with Gasteiger partial charge in [0.2, 0.25) is 11.6 Å². The number of aromatic nitrogens is 2. The fourth-order valence-corrected chi connectivity index (χ4v) is 1.84. The molecule has 5 nitrogen and oxygen atoms in total. The zero-order chi connectivity index (χ0) is 10.1. The van der Waals surface area contributed by atoms with Crippen LogP contribution in [0.1, 0.15) is 20.3 Å². The summed E-state index contributed by atoms with van der Waals surface area (Å²) in [6, 6.07) is 0.481. The Bertz CT molecular complexity index is 310. The molecule has 0 fully saturated rings. The smallest absolute Gasteiger partial charge is 0.217 e. The second-order valence-corrected chi connectivity index (χ2v) is 4.21. The fourth-order valence-electron chi connectivity index (χ4n) is 1.84. The van der Waals surface area contributed by atoms with Crippen molar-refractivity contribution in [1.29, 1.82) is 0 Å². The number of fused-ring (bicyclic) bond motifs is 1. The van der Waals surface area contributed by atoms with Gasteiger partial charge in [0.25, 0.3) is 0 Å². The molecule has 1 aromatic heterocycles. The largest absolute Gasteiger partial charge is 0.362 e. The lowest BCUT2D eigenvalue weighted by Crippen LogP contribution is -2.42. The van der Waals surface area contributed by atoms with Gasteiger partial charge in [0.05, 0.1) is 0 Å². The van der Waals surface area contributed by atoms with Gasteiger partial charge in [-0.1, -0.05) is 13.8 Å². The molecular formula is C9H16N4O. The first-order valence-electron chi connectivity index (χ1n) is 4.97. The van der Waals surface area contributed by atoms with Crippen molar-refractivity contribution in [2.24, 2.45) is 5.92 Å². The van der Waals surface area contributed by atoms with E-state index in [9.17, 15) is 0 Å². The summed E-state index contributed by atoms with van der Waals surface area (Å²) in [5.74, 6) is 2.26. The van der Waals surface area contributed by atoms with E-state index in [4.69, 9.17) is 0 Å². The molecule has 0 aromatic carbocycles. The number of nitrogens with zero attached hydrogens (tertiary/aromatic N) is 3. The molecule has 0 saturated carbocycles. The van der Waals surface area contributed by atoms with Crippen molar-refractivity contribution < 1.29 is 4.63 Å². The molecule has 14 heavy (non-hydrogen) atoms. The summed E-state index contributed by atoms with van der Waals surface area (Å²) in [4.78, 5) is 2.14. The lowest BCUT2D eigenvalue weighted by atomic mass is 10.0. The van der Waals surface area contributed by atoms with Gasteiger partial charge in [-0.2, -0.15) is 0 Å². The Labute approximate surface area is 83.4 Å². The molecule has 0 spiro atoms. The molecule has 1 aromatic rings. The minimum Gasteiger partial charge on any atom is -0.362 e. The third-order valence-corrected chi connectivity index (χ3v) is 2.60. The van der Waals surface area contributed by atoms with Crippen LogP contribution in [0.25, 0.3) is 0 Å². The third kappa shape index (κ3) is 1.54. The Morgan fingerprint density at radius 3 is 3.07 bits per heavy atom. The second-order valence-electron chi connectivity index (χ2n) is 4.21. The van der Waals surface area contributed by atoms with Gasteiger partial charge in [0, 0.05) is 19.6 Å². The predicted molar refractivity (Wildman–Crippen MR) is 54.4 cm³/mol. The SMILES string of the molecule is CC(C)C[C@@H]1CNc2nonc2N1C. The van der Waals surface area contributed by atoms with Crippen LogP contribution in [0.4, 0.5) is 11.6 Å². The number of hydrogen-bond acceptors (Lipinski definition) is 5. The monoisotopic (exact) mass is 196 g/mol. The van der Waals surface area contributed by atoms with Gasteiger partial charge < -0.3 is 10.2 Å². The van der Waals surface area contributed by atoms with Crippen LogP contribution in [0.3, 0.4) is 0 Å². The molecule has 0 bridgehead atoms. The Kier molecular flexibility index (Phi) is 2.31. The molecule has 78 valence electrons. The summed E-state index contributed by atoms with van der Waals surface area (Å²) in [6.45, 7) is 5.37. The Morgan fingerprint density at radius 2 is 2.36 bits per heavy atom. The van der Waals surface area contributed by atoms with E-state index in [0.717, 1.165) is 24.6 Å². The van der Waals surface area contributed by atoms with Crippen molar-refractivity contribution >= 4 is 11.6 Å². The van der Waals surface area contributed by atoms with Crippen LogP contribution in [0.15, 0.2) is 4.63 Å². The quantitative estimate of drug-likeness (QED) is 0.773. The zero-order valence-corrected chi connectivity index (χ0v) is 8.82. The summed E-state index contributed by atoms with van der Waals surface area (Å²) in [7, 11) is 2.04. The van der Waals surface area contributed by atoms with Crippen LogP contribution in [0.5, 0.6) is 0 Å². The Balaban J connectivity index is 2.13. The van der Waals surface area contributed by atoms with Crippen molar-refractivity contribution in [3.8, 4) is 0 Å². The summed E-state index contributed by atoms with van der Waals surface area (Å²) < 4.78 is 4.69. The zero-order valence-electron chi connectivity index (χ0n) is 8.82. The summed E-state index contributed by atoms with van der Waals surface area (Å²) >= 11 is 0. The molecule has 2 rings (SSSR count). The molecule has 5 heteroatoms. The highest BCUT2D eigenvalue weighted by Crippen LogP contribution is 2.28. The van der Waals surface area contributed by atoms with Crippen LogP contribution in [-0.2, 0) is 0 Å². The van der Waals surface area contributed by atoms with Gasteiger partial charge in [-0.15, -0.1) is 0 Å². The summed E-state index contributed by atoms with van der Waals surface area (Å²) in [6.07, 6.45) is 1.15. The van der Waals surface area contributed by atoms with E-state index >= 15 is 0 Å². The molecule has 1 aliphatic heterocycles. The highest BCUT2D eigenvalue weighted by molar-refractivity contribution is 5.62. The van der Waals surface area contributed by atoms with Gasteiger partial charge in [0.1, 0.15) is 0 Å². The lowest BCUT2D eigenvalue weighted by molar-refractivity contribution is 0.309. The highest BCUT2D eigenvalue weighted by atomic mass is 16.6. The number of anilines is 2. The first-order chi connectivity index (χ1) is 6.68. The number of rotatable bonds is 2. The van der Waals surface area contributed by atoms with Gasteiger partial charge in [0.15, 0.2) is 0 Å². The van der Waals surface area contributed by atoms with Crippen molar-refractivity contribution in [3.05, 3.63) is 0 Å². The molecule has 0 saturated heterocycles. The van der Waals surface area contributed by atoms with E-state index in [1.54, 1.807) is 0 Å². The Hall–Kier alpha value is -1.26. The maximum atomic E-state index is 4.69. The second kappa shape index (κ2) is 3.48. The van der Waals surface area contributed by atoms with Crippen molar-refractivity contribution in [1.82, 2.24) is 10.3 Å². The van der Waals surface area contributed by atoms with E-state index in [1.165, 1.54) is 0 Å². The number of hydrogen-bond donors (Lipinski definition) is 1. The molecule has 1 aliphatic rings. The van der Waals surface area contributed by atoms with E-state index in [2.05, 4.69) is 39.0 Å². The first-order valence-corrected chi connectivity index (χ1v) is 4.97. The Morgan fingerprint density at radius 1 is 1.57 bits per heavy atom. The number of nitrogens with one attached hydrogen (secondary N) is 1. The predicted octanol–water partition coefficient (Wildman–Crippen LogP) is 1.35. The minimum atomic E-state index is 0.481. The topological polar surface area (TPSA) is 54.2 Å². The molecule has 0 unspecified atom stereocenters. The van der Waals surface area contributed by atoms with Crippen LogP contribution in [0, 0.1) is 5.92 Å². The van der Waals surface area contributed by atoms with E-state index in [1.807, 2.05) is 7.05 Å². The minimum absolute atomic E-state index is 0.481. The molecule has 0 radical (unpaired) electrons. The van der Waals surface area contributed by atoms with Crippen LogP contribution in [0.2, 0.25) is 0 Å². The van der Waals surface area contributed by atoms with E-state index < -0.39 is 0 Å². The fraction of sp³-hybridized carbons (Fsp3) is 0.778. The summed E-state index contributed by atoms with van der Waals surface area (Å²) in [5.41, 5.74) is 0. The molecule has 0 amide bonds. The molecular weight excluding hydrogens is 180 g/mol. The van der Waals surface area contributed by atoms with Crippen LogP contribution >= 0.6 is 0 Å². The standard InChI is InChI=1S/C9H16N4O/c1-6(2)4-7-5-10-8-9(13(7)3)12-14-11-8/h6-7H,4-5H2,1-3H3,(H,10,11)/t7-/m1/s1. The maximum Gasteiger partial charge on any atom is 0.217 e. The van der Waals surface area contributed by atoms with Gasteiger partial charge in [-0.3, -0.25) is 0 Å². The average Bonchev–Trinajstić information content (AvgIpc) is 2.57. The van der Waals surface area contributed by atoms with Crippen LogP contribution < -0.4 is 10.2 Å². The third-order valence-electron chi connectivity index (χ3n) is 2.60. The number of likely N-dealkylation sites (N-methyl/N-ethyl adjacent to an activating group) is 1. The highest BCUT2D eigenvalue weighted by Gasteiger charge is 2.27. The van der Waals surface area contributed by atoms with Gasteiger partial charge >= 0.3 is 0 Å². The molecule has 1 atom stereocenters.